The number of benzene rings is 1. The molecule has 1 fully saturated rings. The molecule has 0 saturated heterocycles. The summed E-state index contributed by atoms with van der Waals surface area (Å²) in [6.07, 6.45) is 2.87. The molecule has 1 aliphatic rings. The Morgan fingerprint density at radius 2 is 1.95 bits per heavy atom. The van der Waals surface area contributed by atoms with Gasteiger partial charge in [-0.25, -0.2) is 8.42 Å². The van der Waals surface area contributed by atoms with Gasteiger partial charge < -0.3 is 10.8 Å². The predicted octanol–water partition coefficient (Wildman–Crippen LogP) is 1.37. The maximum Gasteiger partial charge on any atom is 0.324 e. The third-order valence-corrected chi connectivity index (χ3v) is 5.79. The summed E-state index contributed by atoms with van der Waals surface area (Å²) in [7, 11) is -3.21. The highest BCUT2D eigenvalue weighted by molar-refractivity contribution is 7.99. The maximum absolute atomic E-state index is 11.3. The lowest BCUT2D eigenvalue weighted by atomic mass is 9.98. The summed E-state index contributed by atoms with van der Waals surface area (Å²) in [5.74, 6) is -0.645. The Morgan fingerprint density at radius 1 is 1.40 bits per heavy atom. The highest BCUT2D eigenvalue weighted by Crippen LogP contribution is 2.41. The minimum atomic E-state index is -3.21. The molecule has 0 aromatic heterocycles. The molecule has 0 spiro atoms. The Labute approximate surface area is 122 Å². The lowest BCUT2D eigenvalue weighted by molar-refractivity contribution is -0.143. The second kappa shape index (κ2) is 5.38. The second-order valence-electron chi connectivity index (χ2n) is 5.15. The molecule has 0 bridgehead atoms. The Balaban J connectivity index is 2.05. The SMILES string of the molecule is CS(=O)(=O)c1ccc(SCC(N)(C(=O)O)C2CC2)cc1. The fourth-order valence-electron chi connectivity index (χ4n) is 1.94. The number of aliphatic carboxylic acids is 1. The quantitative estimate of drug-likeness (QED) is 0.770. The van der Waals surface area contributed by atoms with Crippen molar-refractivity contribution in [2.24, 2.45) is 11.7 Å². The molecule has 20 heavy (non-hydrogen) atoms. The summed E-state index contributed by atoms with van der Waals surface area (Å²) in [5, 5.41) is 9.25. The van der Waals surface area contributed by atoms with Crippen molar-refractivity contribution in [3.8, 4) is 0 Å². The predicted molar refractivity (Wildman–Crippen MR) is 77.6 cm³/mol. The maximum atomic E-state index is 11.3. The number of thioether (sulfide) groups is 1. The number of carboxylic acid groups (broad SMARTS) is 1. The summed E-state index contributed by atoms with van der Waals surface area (Å²) in [6.45, 7) is 0. The van der Waals surface area contributed by atoms with E-state index in [-0.39, 0.29) is 16.6 Å². The lowest BCUT2D eigenvalue weighted by Gasteiger charge is -2.23. The molecule has 110 valence electrons. The summed E-state index contributed by atoms with van der Waals surface area (Å²) in [6, 6.07) is 6.40. The van der Waals surface area contributed by atoms with E-state index < -0.39 is 21.3 Å². The average molecular weight is 315 g/mol. The van der Waals surface area contributed by atoms with Crippen LogP contribution in [0.5, 0.6) is 0 Å². The van der Waals surface area contributed by atoms with Crippen LogP contribution < -0.4 is 5.73 Å². The largest absolute Gasteiger partial charge is 0.480 e. The van der Waals surface area contributed by atoms with Crippen LogP contribution in [0, 0.1) is 5.92 Å². The van der Waals surface area contributed by atoms with E-state index in [0.29, 0.717) is 0 Å². The van der Waals surface area contributed by atoms with Crippen molar-refractivity contribution in [2.45, 2.75) is 28.2 Å². The zero-order valence-electron chi connectivity index (χ0n) is 11.1. The van der Waals surface area contributed by atoms with Gasteiger partial charge >= 0.3 is 5.97 Å². The average Bonchev–Trinajstić information content (AvgIpc) is 3.19. The molecule has 1 atom stereocenters. The third-order valence-electron chi connectivity index (χ3n) is 3.43. The molecular formula is C13H17NO4S2. The first-order valence-electron chi connectivity index (χ1n) is 6.19. The number of rotatable bonds is 6. The first-order valence-corrected chi connectivity index (χ1v) is 9.06. The van der Waals surface area contributed by atoms with Crippen molar-refractivity contribution in [3.63, 3.8) is 0 Å². The number of sulfone groups is 1. The minimum absolute atomic E-state index is 0.0443. The van der Waals surface area contributed by atoms with Gasteiger partial charge in [0.05, 0.1) is 4.90 Å². The van der Waals surface area contributed by atoms with Gasteiger partial charge in [-0.15, -0.1) is 11.8 Å². The van der Waals surface area contributed by atoms with E-state index in [9.17, 15) is 18.3 Å². The van der Waals surface area contributed by atoms with Crippen molar-refractivity contribution in [1.82, 2.24) is 0 Å². The summed E-state index contributed by atoms with van der Waals surface area (Å²) >= 11 is 1.34. The van der Waals surface area contributed by atoms with E-state index in [0.717, 1.165) is 24.0 Å². The number of carbonyl (C=O) groups is 1. The van der Waals surface area contributed by atoms with E-state index in [1.165, 1.54) is 23.9 Å². The van der Waals surface area contributed by atoms with Crippen LogP contribution in [0.2, 0.25) is 0 Å². The van der Waals surface area contributed by atoms with Crippen molar-refractivity contribution in [3.05, 3.63) is 24.3 Å². The highest BCUT2D eigenvalue weighted by atomic mass is 32.2. The summed E-state index contributed by atoms with van der Waals surface area (Å²) in [4.78, 5) is 12.4. The molecule has 1 saturated carbocycles. The van der Waals surface area contributed by atoms with Crippen LogP contribution in [0.3, 0.4) is 0 Å². The normalized spacial score (nSPS) is 18.5. The van der Waals surface area contributed by atoms with E-state index >= 15 is 0 Å². The number of hydrogen-bond acceptors (Lipinski definition) is 5. The second-order valence-corrected chi connectivity index (χ2v) is 8.22. The van der Waals surface area contributed by atoms with E-state index in [1.807, 2.05) is 0 Å². The van der Waals surface area contributed by atoms with Crippen LogP contribution in [-0.4, -0.2) is 37.0 Å². The van der Waals surface area contributed by atoms with E-state index in [1.54, 1.807) is 12.1 Å². The third kappa shape index (κ3) is 3.34. The number of nitrogens with two attached hydrogens (primary N) is 1. The fourth-order valence-corrected chi connectivity index (χ4v) is 3.66. The van der Waals surface area contributed by atoms with Crippen molar-refractivity contribution in [2.75, 3.05) is 12.0 Å². The van der Waals surface area contributed by atoms with Gasteiger partial charge in [0, 0.05) is 16.9 Å². The standard InChI is InChI=1S/C13H17NO4S2/c1-20(17,18)11-6-4-10(5-7-11)19-8-13(14,12(15)16)9-2-3-9/h4-7,9H,2-3,8,14H2,1H3,(H,15,16). The van der Waals surface area contributed by atoms with Crippen molar-refractivity contribution in [1.29, 1.82) is 0 Å². The Bertz CT molecular complexity index is 608. The minimum Gasteiger partial charge on any atom is -0.480 e. The molecule has 1 aliphatic carbocycles. The topological polar surface area (TPSA) is 97.5 Å². The Kier molecular flexibility index (Phi) is 4.13. The van der Waals surface area contributed by atoms with Crippen molar-refractivity contribution < 1.29 is 18.3 Å². The molecule has 1 aromatic carbocycles. The monoisotopic (exact) mass is 315 g/mol. The molecule has 0 aliphatic heterocycles. The van der Waals surface area contributed by atoms with Gasteiger partial charge in [0.1, 0.15) is 5.54 Å². The fraction of sp³-hybridized carbons (Fsp3) is 0.462. The van der Waals surface area contributed by atoms with Crippen LogP contribution in [-0.2, 0) is 14.6 Å². The molecule has 1 unspecified atom stereocenters. The highest BCUT2D eigenvalue weighted by Gasteiger charge is 2.48. The van der Waals surface area contributed by atoms with Gasteiger partial charge in [-0.2, -0.15) is 0 Å². The number of hydrogen-bond donors (Lipinski definition) is 2. The molecule has 7 heteroatoms. The smallest absolute Gasteiger partial charge is 0.324 e. The zero-order valence-corrected chi connectivity index (χ0v) is 12.7. The van der Waals surface area contributed by atoms with Gasteiger partial charge in [-0.3, -0.25) is 4.79 Å². The molecule has 0 radical (unpaired) electrons. The molecule has 1 aromatic rings. The van der Waals surface area contributed by atoms with Crippen LogP contribution in [0.4, 0.5) is 0 Å². The van der Waals surface area contributed by atoms with E-state index in [4.69, 9.17) is 5.73 Å². The molecule has 0 heterocycles. The van der Waals surface area contributed by atoms with Gasteiger partial charge in [-0.05, 0) is 43.0 Å². The summed E-state index contributed by atoms with van der Waals surface area (Å²) < 4.78 is 22.7. The Morgan fingerprint density at radius 3 is 2.35 bits per heavy atom. The van der Waals surface area contributed by atoms with Gasteiger partial charge in [-0.1, -0.05) is 0 Å². The van der Waals surface area contributed by atoms with Crippen LogP contribution in [0.15, 0.2) is 34.1 Å². The zero-order chi connectivity index (χ0) is 15.0. The first-order chi connectivity index (χ1) is 9.23. The van der Waals surface area contributed by atoms with E-state index in [2.05, 4.69) is 0 Å². The Hall–Kier alpha value is -1.05. The molecule has 3 N–H and O–H groups in total. The number of carboxylic acids is 1. The van der Waals surface area contributed by atoms with Crippen LogP contribution >= 0.6 is 11.8 Å². The molecule has 0 amide bonds. The van der Waals surface area contributed by atoms with Crippen LogP contribution in [0.1, 0.15) is 12.8 Å². The molecule has 2 rings (SSSR count). The van der Waals surface area contributed by atoms with Gasteiger partial charge in [0.2, 0.25) is 0 Å². The first kappa shape index (κ1) is 15.3. The van der Waals surface area contributed by atoms with Crippen LogP contribution in [0.25, 0.3) is 0 Å². The summed E-state index contributed by atoms with van der Waals surface area (Å²) in [5.41, 5.74) is 4.78. The lowest BCUT2D eigenvalue weighted by Crippen LogP contribution is -2.52. The van der Waals surface area contributed by atoms with Crippen molar-refractivity contribution >= 4 is 27.6 Å². The van der Waals surface area contributed by atoms with Gasteiger partial charge in [0.15, 0.2) is 9.84 Å². The van der Waals surface area contributed by atoms with Gasteiger partial charge in [0.25, 0.3) is 0 Å². The molecular weight excluding hydrogens is 298 g/mol. The molecule has 5 nitrogen and oxygen atoms in total.